The van der Waals surface area contributed by atoms with E-state index < -0.39 is 9.84 Å². The van der Waals surface area contributed by atoms with E-state index >= 15 is 0 Å². The van der Waals surface area contributed by atoms with Crippen LogP contribution < -0.4 is 5.32 Å². The van der Waals surface area contributed by atoms with Crippen molar-refractivity contribution in [3.8, 4) is 0 Å². The Balaban J connectivity index is 2.27. The first kappa shape index (κ1) is 17.0. The standard InChI is InChI=1S/C16H22N2O2S2/c1-5-22(19,20)15-9-7-6-8-13(15)17-12(4)14-10-21-16(18-14)11(2)3/h6-12,17H,5H2,1-4H3. The van der Waals surface area contributed by atoms with Crippen LogP contribution in [-0.4, -0.2) is 19.2 Å². The van der Waals surface area contributed by atoms with Gasteiger partial charge >= 0.3 is 0 Å². The minimum absolute atomic E-state index is 0.0445. The molecular weight excluding hydrogens is 316 g/mol. The van der Waals surface area contributed by atoms with E-state index in [0.717, 1.165) is 10.7 Å². The summed E-state index contributed by atoms with van der Waals surface area (Å²) in [6.07, 6.45) is 0. The molecule has 0 aliphatic heterocycles. The van der Waals surface area contributed by atoms with Crippen molar-refractivity contribution in [1.82, 2.24) is 4.98 Å². The van der Waals surface area contributed by atoms with Crippen LogP contribution in [0.1, 0.15) is 50.4 Å². The van der Waals surface area contributed by atoms with Crippen molar-refractivity contribution < 1.29 is 8.42 Å². The Kier molecular flexibility index (Phi) is 5.24. The lowest BCUT2D eigenvalue weighted by Crippen LogP contribution is -2.12. The molecule has 0 spiro atoms. The molecule has 1 aromatic heterocycles. The minimum atomic E-state index is -3.25. The number of nitrogens with zero attached hydrogens (tertiary/aromatic N) is 1. The molecule has 4 nitrogen and oxygen atoms in total. The second-order valence-electron chi connectivity index (χ2n) is 5.53. The number of benzene rings is 1. The van der Waals surface area contributed by atoms with Crippen LogP contribution in [0.5, 0.6) is 0 Å². The van der Waals surface area contributed by atoms with Gasteiger partial charge in [-0.2, -0.15) is 0 Å². The minimum Gasteiger partial charge on any atom is -0.376 e. The molecule has 1 N–H and O–H groups in total. The molecule has 2 rings (SSSR count). The third-order valence-corrected chi connectivity index (χ3v) is 6.40. The molecule has 1 aromatic carbocycles. The fourth-order valence-electron chi connectivity index (χ4n) is 2.08. The molecule has 0 radical (unpaired) electrons. The number of aromatic nitrogens is 1. The summed E-state index contributed by atoms with van der Waals surface area (Å²) >= 11 is 1.64. The van der Waals surface area contributed by atoms with E-state index in [2.05, 4.69) is 24.1 Å². The Morgan fingerprint density at radius 3 is 2.50 bits per heavy atom. The third kappa shape index (κ3) is 3.67. The molecule has 0 fully saturated rings. The van der Waals surface area contributed by atoms with Gasteiger partial charge in [-0.25, -0.2) is 13.4 Å². The molecule has 1 unspecified atom stereocenters. The second-order valence-corrected chi connectivity index (χ2v) is 8.67. The van der Waals surface area contributed by atoms with E-state index in [1.807, 2.05) is 18.4 Å². The molecule has 0 amide bonds. The normalized spacial score (nSPS) is 13.3. The van der Waals surface area contributed by atoms with Gasteiger partial charge in [0.25, 0.3) is 0 Å². The lowest BCUT2D eigenvalue weighted by Gasteiger charge is -2.16. The number of hydrogen-bond donors (Lipinski definition) is 1. The second kappa shape index (κ2) is 6.79. The number of rotatable bonds is 6. The molecule has 0 saturated carbocycles. The van der Waals surface area contributed by atoms with Gasteiger partial charge in [0, 0.05) is 11.3 Å². The summed E-state index contributed by atoms with van der Waals surface area (Å²) < 4.78 is 24.4. The van der Waals surface area contributed by atoms with Crippen molar-refractivity contribution in [2.24, 2.45) is 0 Å². The van der Waals surface area contributed by atoms with E-state index in [9.17, 15) is 8.42 Å². The van der Waals surface area contributed by atoms with Gasteiger partial charge in [-0.1, -0.05) is 32.9 Å². The van der Waals surface area contributed by atoms with Crippen LogP contribution in [0.25, 0.3) is 0 Å². The van der Waals surface area contributed by atoms with Crippen LogP contribution >= 0.6 is 11.3 Å². The quantitative estimate of drug-likeness (QED) is 0.856. The first-order chi connectivity index (χ1) is 10.3. The van der Waals surface area contributed by atoms with Crippen molar-refractivity contribution in [3.05, 3.63) is 40.3 Å². The predicted molar refractivity (Wildman–Crippen MR) is 92.4 cm³/mol. The predicted octanol–water partition coefficient (Wildman–Crippen LogP) is 4.23. The van der Waals surface area contributed by atoms with Crippen molar-refractivity contribution in [2.75, 3.05) is 11.1 Å². The molecule has 120 valence electrons. The molecule has 0 saturated heterocycles. The van der Waals surface area contributed by atoms with E-state index in [0.29, 0.717) is 16.5 Å². The maximum Gasteiger partial charge on any atom is 0.180 e. The van der Waals surface area contributed by atoms with E-state index in [-0.39, 0.29) is 11.8 Å². The molecule has 0 bridgehead atoms. The summed E-state index contributed by atoms with van der Waals surface area (Å²) in [6.45, 7) is 7.88. The summed E-state index contributed by atoms with van der Waals surface area (Å²) in [7, 11) is -3.25. The van der Waals surface area contributed by atoms with Gasteiger partial charge in [0.05, 0.1) is 33.1 Å². The molecule has 0 aliphatic rings. The zero-order valence-electron chi connectivity index (χ0n) is 13.3. The van der Waals surface area contributed by atoms with Crippen molar-refractivity contribution in [1.29, 1.82) is 0 Å². The molecule has 1 heterocycles. The molecule has 0 aliphatic carbocycles. The van der Waals surface area contributed by atoms with E-state index in [1.165, 1.54) is 0 Å². The van der Waals surface area contributed by atoms with Crippen LogP contribution in [0.3, 0.4) is 0 Å². The number of thiazole rings is 1. The highest BCUT2D eigenvalue weighted by atomic mass is 32.2. The zero-order valence-corrected chi connectivity index (χ0v) is 15.0. The van der Waals surface area contributed by atoms with Crippen molar-refractivity contribution in [2.45, 2.75) is 44.6 Å². The Hall–Kier alpha value is -1.40. The topological polar surface area (TPSA) is 59.1 Å². The van der Waals surface area contributed by atoms with Crippen LogP contribution in [0.15, 0.2) is 34.5 Å². The molecule has 2 aromatic rings. The zero-order chi connectivity index (χ0) is 16.3. The van der Waals surface area contributed by atoms with Gasteiger partial charge < -0.3 is 5.32 Å². The highest BCUT2D eigenvalue weighted by molar-refractivity contribution is 7.91. The summed E-state index contributed by atoms with van der Waals surface area (Å²) in [5.74, 6) is 0.493. The maximum atomic E-state index is 12.2. The van der Waals surface area contributed by atoms with Crippen molar-refractivity contribution in [3.63, 3.8) is 0 Å². The first-order valence-electron chi connectivity index (χ1n) is 7.38. The SMILES string of the molecule is CCS(=O)(=O)c1ccccc1NC(C)c1csc(C(C)C)n1. The summed E-state index contributed by atoms with van der Waals surface area (Å²) in [5.41, 5.74) is 1.58. The average Bonchev–Trinajstić information content (AvgIpc) is 2.98. The largest absolute Gasteiger partial charge is 0.376 e. The fraction of sp³-hybridized carbons (Fsp3) is 0.438. The molecular formula is C16H22N2O2S2. The Bertz CT molecular complexity index is 736. The van der Waals surface area contributed by atoms with Crippen LogP contribution in [0.4, 0.5) is 5.69 Å². The van der Waals surface area contributed by atoms with Crippen LogP contribution in [0.2, 0.25) is 0 Å². The fourth-order valence-corrected chi connectivity index (χ4v) is 4.07. The Morgan fingerprint density at radius 2 is 1.91 bits per heavy atom. The van der Waals surface area contributed by atoms with E-state index in [1.54, 1.807) is 36.5 Å². The molecule has 1 atom stereocenters. The Labute approximate surface area is 136 Å². The number of sulfone groups is 1. The van der Waals surface area contributed by atoms with Gasteiger partial charge in [0.15, 0.2) is 9.84 Å². The highest BCUT2D eigenvalue weighted by Crippen LogP contribution is 2.28. The lowest BCUT2D eigenvalue weighted by atomic mass is 10.2. The third-order valence-electron chi connectivity index (χ3n) is 3.45. The summed E-state index contributed by atoms with van der Waals surface area (Å²) in [5, 5.41) is 6.41. The Morgan fingerprint density at radius 1 is 1.23 bits per heavy atom. The van der Waals surface area contributed by atoms with Crippen LogP contribution in [-0.2, 0) is 9.84 Å². The maximum absolute atomic E-state index is 12.2. The highest BCUT2D eigenvalue weighted by Gasteiger charge is 2.18. The van der Waals surface area contributed by atoms with Gasteiger partial charge in [-0.05, 0) is 19.1 Å². The van der Waals surface area contributed by atoms with Crippen LogP contribution in [0, 0.1) is 0 Å². The first-order valence-corrected chi connectivity index (χ1v) is 9.92. The number of anilines is 1. The van der Waals surface area contributed by atoms with Gasteiger partial charge in [-0.15, -0.1) is 11.3 Å². The summed E-state index contributed by atoms with van der Waals surface area (Å²) in [6, 6.07) is 6.99. The van der Waals surface area contributed by atoms with E-state index in [4.69, 9.17) is 0 Å². The number of nitrogens with one attached hydrogen (secondary N) is 1. The monoisotopic (exact) mass is 338 g/mol. The smallest absolute Gasteiger partial charge is 0.180 e. The van der Waals surface area contributed by atoms with Crippen molar-refractivity contribution >= 4 is 26.9 Å². The number of para-hydroxylation sites is 1. The molecule has 6 heteroatoms. The van der Waals surface area contributed by atoms with Gasteiger partial charge in [0.1, 0.15) is 0 Å². The number of hydrogen-bond acceptors (Lipinski definition) is 5. The average molecular weight is 338 g/mol. The lowest BCUT2D eigenvalue weighted by molar-refractivity contribution is 0.597. The molecule has 22 heavy (non-hydrogen) atoms. The van der Waals surface area contributed by atoms with Gasteiger partial charge in [-0.3, -0.25) is 0 Å². The summed E-state index contributed by atoms with van der Waals surface area (Å²) in [4.78, 5) is 4.98. The van der Waals surface area contributed by atoms with Gasteiger partial charge in [0.2, 0.25) is 0 Å².